The maximum absolute atomic E-state index is 13.9. The Labute approximate surface area is 191 Å². The van der Waals surface area contributed by atoms with E-state index in [-0.39, 0.29) is 22.4 Å². The summed E-state index contributed by atoms with van der Waals surface area (Å²) >= 11 is 0. The third-order valence-electron chi connectivity index (χ3n) is 7.32. The van der Waals surface area contributed by atoms with Gasteiger partial charge in [0.25, 0.3) is 15.7 Å². The first-order valence-corrected chi connectivity index (χ1v) is 12.4. The molecule has 2 aromatic carbocycles. The van der Waals surface area contributed by atoms with Crippen molar-refractivity contribution in [3.63, 3.8) is 0 Å². The van der Waals surface area contributed by atoms with Crippen molar-refractivity contribution in [1.82, 2.24) is 4.90 Å². The number of carbonyl (C=O) groups excluding carboxylic acids is 1. The van der Waals surface area contributed by atoms with Crippen LogP contribution < -0.4 is 4.31 Å². The highest BCUT2D eigenvalue weighted by Crippen LogP contribution is 2.59. The fourth-order valence-electron chi connectivity index (χ4n) is 5.60. The number of piperidine rings is 1. The lowest BCUT2D eigenvalue weighted by molar-refractivity contribution is -0.384. The summed E-state index contributed by atoms with van der Waals surface area (Å²) in [6, 6.07) is 8.70. The largest absolute Gasteiger partial charge is 0.343 e. The minimum Gasteiger partial charge on any atom is -0.343 e. The molecule has 1 amide bonds. The number of sulfonamides is 1. The van der Waals surface area contributed by atoms with Crippen LogP contribution in [0.3, 0.4) is 0 Å². The standard InChI is InChI=1S/C23H24FN3O5S/c1-15(28)25-12-10-23(11-13-25)20-14-18(27(29)30)6-9-21(20)26(22(23)16-2-3-16)33(31,32)19-7-4-17(24)5-8-19/h4-9,14,16,22H,2-3,10-13H2,1H3. The number of rotatable bonds is 4. The molecule has 1 saturated heterocycles. The molecule has 0 radical (unpaired) electrons. The number of nitrogens with zero attached hydrogens (tertiary/aromatic N) is 3. The lowest BCUT2D eigenvalue weighted by Gasteiger charge is -2.44. The predicted octanol–water partition coefficient (Wildman–Crippen LogP) is 3.60. The van der Waals surface area contributed by atoms with Crippen LogP contribution in [0, 0.1) is 21.8 Å². The molecule has 1 saturated carbocycles. The number of likely N-dealkylation sites (tertiary alicyclic amines) is 1. The van der Waals surface area contributed by atoms with Gasteiger partial charge in [0, 0.05) is 37.6 Å². The highest BCUT2D eigenvalue weighted by atomic mass is 32.2. The van der Waals surface area contributed by atoms with E-state index in [1.165, 1.54) is 41.6 Å². The first-order valence-electron chi connectivity index (χ1n) is 11.0. The van der Waals surface area contributed by atoms with Gasteiger partial charge in [-0.15, -0.1) is 0 Å². The number of nitro benzene ring substituents is 1. The quantitative estimate of drug-likeness (QED) is 0.499. The molecule has 1 unspecified atom stereocenters. The molecule has 2 fully saturated rings. The molecule has 10 heteroatoms. The monoisotopic (exact) mass is 473 g/mol. The third kappa shape index (κ3) is 3.38. The summed E-state index contributed by atoms with van der Waals surface area (Å²) in [5.41, 5.74) is 0.389. The average molecular weight is 474 g/mol. The highest BCUT2D eigenvalue weighted by molar-refractivity contribution is 7.92. The molecule has 3 aliphatic rings. The fraction of sp³-hybridized carbons (Fsp3) is 0.435. The van der Waals surface area contributed by atoms with Gasteiger partial charge >= 0.3 is 0 Å². The van der Waals surface area contributed by atoms with Crippen LogP contribution in [0.5, 0.6) is 0 Å². The summed E-state index contributed by atoms with van der Waals surface area (Å²) in [6.07, 6.45) is 2.79. The number of halogens is 1. The van der Waals surface area contributed by atoms with Crippen LogP contribution in [0.1, 0.15) is 38.2 Å². The highest BCUT2D eigenvalue weighted by Gasteiger charge is 2.60. The van der Waals surface area contributed by atoms with Crippen molar-refractivity contribution >= 4 is 27.3 Å². The van der Waals surface area contributed by atoms with E-state index < -0.39 is 32.2 Å². The van der Waals surface area contributed by atoms with Gasteiger partial charge in [-0.05, 0) is 67.5 Å². The zero-order valence-corrected chi connectivity index (χ0v) is 18.9. The molecular formula is C23H24FN3O5S. The minimum atomic E-state index is -4.05. The zero-order chi connectivity index (χ0) is 23.5. The van der Waals surface area contributed by atoms with E-state index in [1.54, 1.807) is 4.90 Å². The van der Waals surface area contributed by atoms with Crippen molar-refractivity contribution in [2.45, 2.75) is 49.0 Å². The summed E-state index contributed by atoms with van der Waals surface area (Å²) < 4.78 is 42.7. The van der Waals surface area contributed by atoms with Crippen molar-refractivity contribution in [1.29, 1.82) is 0 Å². The maximum Gasteiger partial charge on any atom is 0.269 e. The molecule has 1 aliphatic carbocycles. The van der Waals surface area contributed by atoms with Gasteiger partial charge in [0.15, 0.2) is 0 Å². The lowest BCUT2D eigenvalue weighted by Crippen LogP contribution is -2.54. The second kappa shape index (κ2) is 7.51. The molecule has 174 valence electrons. The first-order chi connectivity index (χ1) is 15.6. The topological polar surface area (TPSA) is 101 Å². The van der Waals surface area contributed by atoms with Crippen molar-refractivity contribution in [3.05, 3.63) is 64.0 Å². The van der Waals surface area contributed by atoms with Crippen LogP contribution in [-0.2, 0) is 20.2 Å². The SMILES string of the molecule is CC(=O)N1CCC2(CC1)c1cc([N+](=O)[O-])ccc1N(S(=O)(=O)c1ccc(F)cc1)C2C1CC1. The van der Waals surface area contributed by atoms with Crippen molar-refractivity contribution < 1.29 is 22.5 Å². The van der Waals surface area contributed by atoms with Crippen LogP contribution in [0.2, 0.25) is 0 Å². The molecule has 1 spiro atoms. The van der Waals surface area contributed by atoms with Crippen LogP contribution in [0.25, 0.3) is 0 Å². The van der Waals surface area contributed by atoms with E-state index in [9.17, 15) is 27.7 Å². The van der Waals surface area contributed by atoms with E-state index >= 15 is 0 Å². The predicted molar refractivity (Wildman–Crippen MR) is 119 cm³/mol. The summed E-state index contributed by atoms with van der Waals surface area (Å²) in [7, 11) is -4.05. The Hall–Kier alpha value is -3.01. The van der Waals surface area contributed by atoms with E-state index in [0.717, 1.165) is 25.0 Å². The molecule has 0 N–H and O–H groups in total. The van der Waals surface area contributed by atoms with Gasteiger partial charge in [-0.3, -0.25) is 19.2 Å². The van der Waals surface area contributed by atoms with Crippen molar-refractivity contribution in [3.8, 4) is 0 Å². The van der Waals surface area contributed by atoms with Gasteiger partial charge in [0.05, 0.1) is 21.5 Å². The lowest BCUT2D eigenvalue weighted by atomic mass is 9.68. The van der Waals surface area contributed by atoms with Crippen molar-refractivity contribution in [2.75, 3.05) is 17.4 Å². The fourth-order valence-corrected chi connectivity index (χ4v) is 7.40. The number of amides is 1. The first kappa shape index (κ1) is 21.8. The summed E-state index contributed by atoms with van der Waals surface area (Å²) in [5, 5.41) is 11.6. The molecule has 2 aliphatic heterocycles. The Morgan fingerprint density at radius 3 is 2.30 bits per heavy atom. The molecule has 1 atom stereocenters. The molecule has 0 bridgehead atoms. The molecule has 2 aromatic rings. The van der Waals surface area contributed by atoms with Crippen LogP contribution in [-0.4, -0.2) is 43.3 Å². The Morgan fingerprint density at radius 1 is 1.12 bits per heavy atom. The average Bonchev–Trinajstić information content (AvgIpc) is 3.58. The number of hydrogen-bond donors (Lipinski definition) is 0. The molecular weight excluding hydrogens is 449 g/mol. The number of carbonyl (C=O) groups is 1. The van der Waals surface area contributed by atoms with Crippen LogP contribution in [0.4, 0.5) is 15.8 Å². The zero-order valence-electron chi connectivity index (χ0n) is 18.1. The van der Waals surface area contributed by atoms with Gasteiger partial charge in [0.2, 0.25) is 5.91 Å². The molecule has 5 rings (SSSR count). The third-order valence-corrected chi connectivity index (χ3v) is 9.13. The van der Waals surface area contributed by atoms with Gasteiger partial charge in [-0.25, -0.2) is 12.8 Å². The number of benzene rings is 2. The minimum absolute atomic E-state index is 0.0166. The number of nitro groups is 1. The van der Waals surface area contributed by atoms with E-state index in [4.69, 9.17) is 0 Å². The maximum atomic E-state index is 13.9. The smallest absolute Gasteiger partial charge is 0.269 e. The number of anilines is 1. The molecule has 2 heterocycles. The summed E-state index contributed by atoms with van der Waals surface area (Å²) in [4.78, 5) is 24.8. The molecule has 33 heavy (non-hydrogen) atoms. The summed E-state index contributed by atoms with van der Waals surface area (Å²) in [6.45, 7) is 2.44. The molecule has 0 aromatic heterocycles. The number of fused-ring (bicyclic) bond motifs is 2. The van der Waals surface area contributed by atoms with E-state index in [2.05, 4.69) is 0 Å². The van der Waals surface area contributed by atoms with Gasteiger partial charge in [0.1, 0.15) is 5.82 Å². The van der Waals surface area contributed by atoms with Crippen LogP contribution >= 0.6 is 0 Å². The molecule has 8 nitrogen and oxygen atoms in total. The van der Waals surface area contributed by atoms with E-state index in [1.807, 2.05) is 0 Å². The van der Waals surface area contributed by atoms with Gasteiger partial charge in [-0.2, -0.15) is 0 Å². The van der Waals surface area contributed by atoms with Gasteiger partial charge < -0.3 is 4.90 Å². The van der Waals surface area contributed by atoms with Gasteiger partial charge in [-0.1, -0.05) is 0 Å². The Bertz CT molecular complexity index is 1240. The second-order valence-corrected chi connectivity index (χ2v) is 11.0. The number of non-ortho nitro benzene ring substituents is 1. The Kier molecular flexibility index (Phi) is 4.97. The Balaban J connectivity index is 1.69. The van der Waals surface area contributed by atoms with Crippen molar-refractivity contribution in [2.24, 2.45) is 5.92 Å². The van der Waals surface area contributed by atoms with E-state index in [0.29, 0.717) is 37.2 Å². The van der Waals surface area contributed by atoms with Crippen LogP contribution in [0.15, 0.2) is 47.4 Å². The Morgan fingerprint density at radius 2 is 1.76 bits per heavy atom. The normalized spacial score (nSPS) is 21.8. The summed E-state index contributed by atoms with van der Waals surface area (Å²) in [5.74, 6) is -0.449. The second-order valence-electron chi connectivity index (χ2n) is 9.16. The number of hydrogen-bond acceptors (Lipinski definition) is 5.